The number of hydrogen-bond acceptors (Lipinski definition) is 3. The molecule has 2 N–H and O–H groups in total. The van der Waals surface area contributed by atoms with Gasteiger partial charge < -0.3 is 15.2 Å². The van der Waals surface area contributed by atoms with Crippen LogP contribution in [-0.4, -0.2) is 30.8 Å². The van der Waals surface area contributed by atoms with E-state index in [1.165, 1.54) is 0 Å². The molecule has 0 spiro atoms. The molecule has 0 aromatic heterocycles. The summed E-state index contributed by atoms with van der Waals surface area (Å²) in [5, 5.41) is 11.8. The minimum atomic E-state index is -0.179. The number of amides is 1. The summed E-state index contributed by atoms with van der Waals surface area (Å²) < 4.78 is 4.99. The van der Waals surface area contributed by atoms with Gasteiger partial charge in [0.1, 0.15) is 0 Å². The topological polar surface area (TPSA) is 58.6 Å². The molecule has 0 aliphatic heterocycles. The van der Waals surface area contributed by atoms with Crippen LogP contribution >= 0.6 is 0 Å². The zero-order valence-electron chi connectivity index (χ0n) is 10.3. The molecule has 1 rings (SSSR count). The third kappa shape index (κ3) is 4.17. The Morgan fingerprint density at radius 2 is 2.06 bits per heavy atom. The van der Waals surface area contributed by atoms with Crippen molar-refractivity contribution in [2.75, 3.05) is 13.7 Å². The second-order valence-corrected chi connectivity index (χ2v) is 3.89. The van der Waals surface area contributed by atoms with Crippen LogP contribution in [0.2, 0.25) is 0 Å². The van der Waals surface area contributed by atoms with E-state index < -0.39 is 0 Å². The number of rotatable bonds is 6. The molecule has 1 amide bonds. The number of nitrogens with one attached hydrogen (secondary N) is 1. The summed E-state index contributed by atoms with van der Waals surface area (Å²) in [6, 6.07) is 7.05. The van der Waals surface area contributed by atoms with Gasteiger partial charge in [-0.15, -0.1) is 0 Å². The molecule has 94 valence electrons. The summed E-state index contributed by atoms with van der Waals surface area (Å²) in [4.78, 5) is 11.8. The Balaban J connectivity index is 2.63. The number of aliphatic hydroxyl groups is 1. The molecule has 4 nitrogen and oxygen atoms in total. The van der Waals surface area contributed by atoms with Gasteiger partial charge in [-0.3, -0.25) is 4.79 Å². The zero-order valence-corrected chi connectivity index (χ0v) is 10.3. The highest BCUT2D eigenvalue weighted by Crippen LogP contribution is 2.06. The molecule has 0 saturated heterocycles. The highest BCUT2D eigenvalue weighted by molar-refractivity contribution is 5.94. The van der Waals surface area contributed by atoms with E-state index in [-0.39, 0.29) is 18.6 Å². The van der Waals surface area contributed by atoms with Crippen molar-refractivity contribution in [2.45, 2.75) is 26.0 Å². The van der Waals surface area contributed by atoms with Crippen LogP contribution in [-0.2, 0) is 11.3 Å². The Morgan fingerprint density at radius 1 is 1.41 bits per heavy atom. The molecule has 1 atom stereocenters. The Kier molecular flexibility index (Phi) is 5.66. The molecule has 0 saturated carbocycles. The molecule has 0 aliphatic rings. The van der Waals surface area contributed by atoms with Crippen LogP contribution in [0.1, 0.15) is 29.3 Å². The molecule has 17 heavy (non-hydrogen) atoms. The van der Waals surface area contributed by atoms with Gasteiger partial charge in [0.2, 0.25) is 0 Å². The van der Waals surface area contributed by atoms with Crippen molar-refractivity contribution in [3.8, 4) is 0 Å². The van der Waals surface area contributed by atoms with Crippen LogP contribution in [0.3, 0.4) is 0 Å². The van der Waals surface area contributed by atoms with Crippen LogP contribution in [0.4, 0.5) is 0 Å². The minimum Gasteiger partial charge on any atom is -0.394 e. The standard InChI is InChI=1S/C13H19NO3/c1-3-12(8-15)14-13(16)11-6-4-10(5-7-11)9-17-2/h4-7,12,15H,3,8-9H2,1-2H3,(H,14,16)/t12-/m1/s1. The first-order valence-corrected chi connectivity index (χ1v) is 5.70. The lowest BCUT2D eigenvalue weighted by molar-refractivity contribution is 0.0915. The summed E-state index contributed by atoms with van der Waals surface area (Å²) in [5.74, 6) is -0.158. The Morgan fingerprint density at radius 3 is 2.53 bits per heavy atom. The molecule has 0 radical (unpaired) electrons. The molecular formula is C13H19NO3. The van der Waals surface area contributed by atoms with E-state index in [1.54, 1.807) is 19.2 Å². The van der Waals surface area contributed by atoms with Crippen molar-refractivity contribution >= 4 is 5.91 Å². The van der Waals surface area contributed by atoms with Crippen molar-refractivity contribution in [1.82, 2.24) is 5.32 Å². The van der Waals surface area contributed by atoms with Gasteiger partial charge in [0, 0.05) is 12.7 Å². The van der Waals surface area contributed by atoms with E-state index in [1.807, 2.05) is 19.1 Å². The van der Waals surface area contributed by atoms with Crippen LogP contribution in [0.5, 0.6) is 0 Å². The zero-order chi connectivity index (χ0) is 12.7. The lowest BCUT2D eigenvalue weighted by atomic mass is 10.1. The van der Waals surface area contributed by atoms with E-state index in [0.717, 1.165) is 5.56 Å². The number of hydrogen-bond donors (Lipinski definition) is 2. The fourth-order valence-electron chi connectivity index (χ4n) is 1.46. The van der Waals surface area contributed by atoms with Gasteiger partial charge in [-0.05, 0) is 24.1 Å². The van der Waals surface area contributed by atoms with Gasteiger partial charge in [-0.25, -0.2) is 0 Å². The Labute approximate surface area is 102 Å². The number of carbonyl (C=O) groups is 1. The first kappa shape index (κ1) is 13.7. The first-order chi connectivity index (χ1) is 8.21. The summed E-state index contributed by atoms with van der Waals surface area (Å²) in [5.41, 5.74) is 1.62. The van der Waals surface area contributed by atoms with E-state index in [0.29, 0.717) is 18.6 Å². The average Bonchev–Trinajstić information content (AvgIpc) is 2.37. The summed E-state index contributed by atoms with van der Waals surface area (Å²) in [7, 11) is 1.63. The largest absolute Gasteiger partial charge is 0.394 e. The molecule has 1 aromatic carbocycles. The maximum Gasteiger partial charge on any atom is 0.251 e. The van der Waals surface area contributed by atoms with Gasteiger partial charge in [0.25, 0.3) is 5.91 Å². The van der Waals surface area contributed by atoms with Crippen LogP contribution in [0.25, 0.3) is 0 Å². The van der Waals surface area contributed by atoms with Crippen molar-refractivity contribution in [1.29, 1.82) is 0 Å². The molecule has 0 aliphatic carbocycles. The number of aliphatic hydroxyl groups excluding tert-OH is 1. The quantitative estimate of drug-likeness (QED) is 0.784. The van der Waals surface area contributed by atoms with Gasteiger partial charge in [0.15, 0.2) is 0 Å². The third-order valence-electron chi connectivity index (χ3n) is 2.58. The molecule has 0 heterocycles. The van der Waals surface area contributed by atoms with Gasteiger partial charge in [-0.2, -0.15) is 0 Å². The molecular weight excluding hydrogens is 218 g/mol. The second kappa shape index (κ2) is 7.04. The number of methoxy groups -OCH3 is 1. The van der Waals surface area contributed by atoms with E-state index in [2.05, 4.69) is 5.32 Å². The molecule has 0 unspecified atom stereocenters. The lowest BCUT2D eigenvalue weighted by Gasteiger charge is -2.14. The smallest absolute Gasteiger partial charge is 0.251 e. The number of benzene rings is 1. The van der Waals surface area contributed by atoms with Crippen molar-refractivity contribution in [3.05, 3.63) is 35.4 Å². The molecule has 1 aromatic rings. The highest BCUT2D eigenvalue weighted by Gasteiger charge is 2.10. The van der Waals surface area contributed by atoms with Crippen molar-refractivity contribution < 1.29 is 14.6 Å². The Hall–Kier alpha value is -1.39. The van der Waals surface area contributed by atoms with E-state index >= 15 is 0 Å². The number of ether oxygens (including phenoxy) is 1. The normalized spacial score (nSPS) is 12.2. The van der Waals surface area contributed by atoms with Crippen LogP contribution in [0, 0.1) is 0 Å². The third-order valence-corrected chi connectivity index (χ3v) is 2.58. The van der Waals surface area contributed by atoms with Crippen LogP contribution < -0.4 is 5.32 Å². The maximum atomic E-state index is 11.8. The SMILES string of the molecule is CC[C@H](CO)NC(=O)c1ccc(COC)cc1. The predicted molar refractivity (Wildman–Crippen MR) is 65.8 cm³/mol. The van der Waals surface area contributed by atoms with Gasteiger partial charge >= 0.3 is 0 Å². The summed E-state index contributed by atoms with van der Waals surface area (Å²) in [6.45, 7) is 2.42. The molecule has 0 bridgehead atoms. The monoisotopic (exact) mass is 237 g/mol. The highest BCUT2D eigenvalue weighted by atomic mass is 16.5. The van der Waals surface area contributed by atoms with Gasteiger partial charge in [-0.1, -0.05) is 19.1 Å². The van der Waals surface area contributed by atoms with E-state index in [4.69, 9.17) is 9.84 Å². The van der Waals surface area contributed by atoms with Crippen molar-refractivity contribution in [2.24, 2.45) is 0 Å². The predicted octanol–water partition coefficient (Wildman–Crippen LogP) is 1.33. The fourth-order valence-corrected chi connectivity index (χ4v) is 1.46. The minimum absolute atomic E-state index is 0.0377. The fraction of sp³-hybridized carbons (Fsp3) is 0.462. The summed E-state index contributed by atoms with van der Waals surface area (Å²) in [6.07, 6.45) is 0.712. The molecule has 0 fully saturated rings. The maximum absolute atomic E-state index is 11.8. The Bertz CT molecular complexity index is 344. The van der Waals surface area contributed by atoms with E-state index in [9.17, 15) is 4.79 Å². The van der Waals surface area contributed by atoms with Crippen LogP contribution in [0.15, 0.2) is 24.3 Å². The number of carbonyl (C=O) groups excluding carboxylic acids is 1. The van der Waals surface area contributed by atoms with Gasteiger partial charge in [0.05, 0.1) is 19.3 Å². The lowest BCUT2D eigenvalue weighted by Crippen LogP contribution is -2.36. The van der Waals surface area contributed by atoms with Crippen molar-refractivity contribution in [3.63, 3.8) is 0 Å². The average molecular weight is 237 g/mol. The second-order valence-electron chi connectivity index (χ2n) is 3.89. The molecule has 4 heteroatoms. The first-order valence-electron chi connectivity index (χ1n) is 5.70. The summed E-state index contributed by atoms with van der Waals surface area (Å²) >= 11 is 0.